The summed E-state index contributed by atoms with van der Waals surface area (Å²) < 4.78 is 11.3. The average molecular weight is 735 g/mol. The molecule has 16 nitrogen and oxygen atoms in total. The molecule has 0 aromatic carbocycles. The SMILES string of the molecule is CCC(C)(C)OCCC(C)C.CCNc1nc(C(=O)NCC(O)CO)c(NC/C=C(\C)OCCC(C)C)nc1C(=O)NCC(O)CO.CO.CO. The minimum Gasteiger partial charge on any atom is -0.498 e. The molecule has 1 heterocycles. The van der Waals surface area contributed by atoms with E-state index in [1.165, 1.54) is 6.42 Å². The number of allylic oxidation sites excluding steroid dienone is 1. The molecule has 300 valence electrons. The molecule has 2 atom stereocenters. The van der Waals surface area contributed by atoms with Crippen molar-refractivity contribution in [1.29, 1.82) is 0 Å². The molecule has 2 amide bonds. The predicted octanol–water partition coefficient (Wildman–Crippen LogP) is 1.91. The second-order valence-corrected chi connectivity index (χ2v) is 12.6. The number of aromatic nitrogens is 2. The van der Waals surface area contributed by atoms with Crippen LogP contribution in [0.25, 0.3) is 0 Å². The van der Waals surface area contributed by atoms with Crippen molar-refractivity contribution in [3.63, 3.8) is 0 Å². The fraction of sp³-hybridized carbons (Fsp3) is 0.771. The fourth-order valence-electron chi connectivity index (χ4n) is 3.36. The Morgan fingerprint density at radius 1 is 0.784 bits per heavy atom. The zero-order valence-corrected chi connectivity index (χ0v) is 32.9. The van der Waals surface area contributed by atoms with Gasteiger partial charge in [-0.05, 0) is 64.9 Å². The normalized spacial score (nSPS) is 12.3. The molecule has 1 aromatic heterocycles. The molecular formula is C35H70N6O10. The number of carbonyl (C=O) groups is 2. The molecule has 0 radical (unpaired) electrons. The maximum Gasteiger partial charge on any atom is 0.273 e. The summed E-state index contributed by atoms with van der Waals surface area (Å²) in [6.45, 7) is 19.3. The first kappa shape index (κ1) is 52.2. The summed E-state index contributed by atoms with van der Waals surface area (Å²) in [5, 5.41) is 61.9. The van der Waals surface area contributed by atoms with E-state index in [1.54, 1.807) is 19.9 Å². The van der Waals surface area contributed by atoms with Crippen molar-refractivity contribution >= 4 is 23.5 Å². The van der Waals surface area contributed by atoms with Gasteiger partial charge in [0.15, 0.2) is 23.0 Å². The number of hydrogen-bond donors (Lipinski definition) is 10. The first-order chi connectivity index (χ1) is 24.1. The van der Waals surface area contributed by atoms with Crippen LogP contribution in [0.2, 0.25) is 0 Å². The topological polar surface area (TPSA) is 248 Å². The standard InChI is InChI=1S/C23H40N6O7.C10H22O.2CH4O/c1-5-24-20-18(22(34)26-10-16(32)12-30)29-21(19(28-20)23(35)27-11-17(33)13-31)25-8-6-15(4)36-9-7-14(2)3;1-6-10(4,5)11-8-7-9(2)3;2*1-2/h6,14,16-17,30-33H,5,7-13H2,1-4H3,(H,24,28)(H,25,29)(H,26,34)(H,27,35);9H,6-8H2,1-5H3;2*2H,1H3/b15-6+;;;. The van der Waals surface area contributed by atoms with Crippen molar-refractivity contribution in [2.75, 3.05) is 77.5 Å². The Kier molecular flexibility index (Phi) is 32.4. The monoisotopic (exact) mass is 735 g/mol. The molecular weight excluding hydrogens is 664 g/mol. The van der Waals surface area contributed by atoms with Gasteiger partial charge in [-0.25, -0.2) is 9.97 Å². The molecule has 51 heavy (non-hydrogen) atoms. The maximum absolute atomic E-state index is 12.8. The van der Waals surface area contributed by atoms with Gasteiger partial charge in [0.25, 0.3) is 11.8 Å². The molecule has 0 saturated heterocycles. The summed E-state index contributed by atoms with van der Waals surface area (Å²) in [5.41, 5.74) is -0.172. The van der Waals surface area contributed by atoms with E-state index in [0.29, 0.717) is 24.8 Å². The molecule has 10 N–H and O–H groups in total. The number of aliphatic hydroxyl groups is 6. The predicted molar refractivity (Wildman–Crippen MR) is 201 cm³/mol. The second kappa shape index (κ2) is 31.6. The summed E-state index contributed by atoms with van der Waals surface area (Å²) in [7, 11) is 2.00. The van der Waals surface area contributed by atoms with Gasteiger partial charge in [0.2, 0.25) is 0 Å². The van der Waals surface area contributed by atoms with E-state index in [4.69, 9.17) is 29.9 Å². The third-order valence-corrected chi connectivity index (χ3v) is 6.81. The van der Waals surface area contributed by atoms with Crippen molar-refractivity contribution in [2.24, 2.45) is 11.8 Å². The highest BCUT2D eigenvalue weighted by atomic mass is 16.5. The zero-order valence-electron chi connectivity index (χ0n) is 32.9. The number of rotatable bonds is 22. The first-order valence-corrected chi connectivity index (χ1v) is 17.5. The van der Waals surface area contributed by atoms with E-state index in [0.717, 1.165) is 39.6 Å². The lowest BCUT2D eigenvalue weighted by Gasteiger charge is -2.23. The Morgan fingerprint density at radius 2 is 1.22 bits per heavy atom. The Bertz CT molecular complexity index is 1070. The van der Waals surface area contributed by atoms with E-state index in [2.05, 4.69) is 79.7 Å². The molecule has 16 heteroatoms. The fourth-order valence-corrected chi connectivity index (χ4v) is 3.36. The molecule has 0 aliphatic heterocycles. The molecule has 2 unspecified atom stereocenters. The Morgan fingerprint density at radius 3 is 1.61 bits per heavy atom. The highest BCUT2D eigenvalue weighted by Gasteiger charge is 2.24. The molecule has 0 bridgehead atoms. The van der Waals surface area contributed by atoms with Gasteiger partial charge in [0, 0.05) is 47.0 Å². The van der Waals surface area contributed by atoms with Crippen LogP contribution in [0.15, 0.2) is 11.8 Å². The van der Waals surface area contributed by atoms with Crippen LogP contribution in [0.3, 0.4) is 0 Å². The molecule has 0 aliphatic rings. The number of anilines is 2. The van der Waals surface area contributed by atoms with Crippen molar-refractivity contribution in [3.05, 3.63) is 23.2 Å². The zero-order chi connectivity index (χ0) is 40.0. The van der Waals surface area contributed by atoms with Gasteiger partial charge in [-0.2, -0.15) is 0 Å². The smallest absolute Gasteiger partial charge is 0.273 e. The lowest BCUT2D eigenvalue weighted by Crippen LogP contribution is -2.36. The Labute approximate surface area is 305 Å². The number of ether oxygens (including phenoxy) is 2. The Hall–Kier alpha value is -3.12. The lowest BCUT2D eigenvalue weighted by molar-refractivity contribution is -0.0243. The Balaban J connectivity index is -0.00000129. The van der Waals surface area contributed by atoms with Crippen molar-refractivity contribution in [2.45, 2.75) is 99.4 Å². The molecule has 1 aromatic rings. The van der Waals surface area contributed by atoms with Gasteiger partial charge in [-0.1, -0.05) is 34.6 Å². The number of nitrogens with zero attached hydrogens (tertiary/aromatic N) is 2. The van der Waals surface area contributed by atoms with Crippen molar-refractivity contribution in [3.8, 4) is 0 Å². The van der Waals surface area contributed by atoms with E-state index < -0.39 is 37.2 Å². The number of nitrogens with one attached hydrogen (secondary N) is 4. The van der Waals surface area contributed by atoms with Crippen LogP contribution >= 0.6 is 0 Å². The minimum atomic E-state index is -1.15. The highest BCUT2D eigenvalue weighted by molar-refractivity contribution is 6.01. The van der Waals surface area contributed by atoms with Crippen LogP contribution in [0.4, 0.5) is 11.6 Å². The van der Waals surface area contributed by atoms with Crippen LogP contribution in [-0.4, -0.2) is 137 Å². The summed E-state index contributed by atoms with van der Waals surface area (Å²) >= 11 is 0. The third kappa shape index (κ3) is 26.3. The summed E-state index contributed by atoms with van der Waals surface area (Å²) in [5.74, 6) is 0.641. The maximum atomic E-state index is 12.8. The summed E-state index contributed by atoms with van der Waals surface area (Å²) in [4.78, 5) is 34.1. The van der Waals surface area contributed by atoms with Gasteiger partial charge in [0.05, 0.1) is 43.4 Å². The second-order valence-electron chi connectivity index (χ2n) is 12.6. The number of amides is 2. The van der Waals surface area contributed by atoms with E-state index >= 15 is 0 Å². The number of carbonyl (C=O) groups excluding carboxylic acids is 2. The summed E-state index contributed by atoms with van der Waals surface area (Å²) in [6, 6.07) is 0. The van der Waals surface area contributed by atoms with Crippen LogP contribution in [-0.2, 0) is 9.47 Å². The van der Waals surface area contributed by atoms with Gasteiger partial charge in [-0.15, -0.1) is 0 Å². The third-order valence-electron chi connectivity index (χ3n) is 6.81. The van der Waals surface area contributed by atoms with E-state index in [1.807, 2.05) is 0 Å². The quantitative estimate of drug-likeness (QED) is 0.0765. The van der Waals surface area contributed by atoms with E-state index in [9.17, 15) is 19.8 Å². The van der Waals surface area contributed by atoms with Crippen molar-refractivity contribution in [1.82, 2.24) is 20.6 Å². The largest absolute Gasteiger partial charge is 0.498 e. The minimum absolute atomic E-state index is 0.00623. The molecule has 0 spiro atoms. The highest BCUT2D eigenvalue weighted by Crippen LogP contribution is 2.19. The molecule has 0 aliphatic carbocycles. The van der Waals surface area contributed by atoms with Gasteiger partial charge < -0.3 is 61.4 Å². The van der Waals surface area contributed by atoms with Crippen LogP contribution in [0.5, 0.6) is 0 Å². The van der Waals surface area contributed by atoms with Gasteiger partial charge in [-0.3, -0.25) is 9.59 Å². The lowest BCUT2D eigenvalue weighted by atomic mass is 10.1. The van der Waals surface area contributed by atoms with Crippen LogP contribution in [0, 0.1) is 11.8 Å². The first-order valence-electron chi connectivity index (χ1n) is 17.5. The van der Waals surface area contributed by atoms with Gasteiger partial charge >= 0.3 is 0 Å². The van der Waals surface area contributed by atoms with Crippen LogP contribution < -0.4 is 21.3 Å². The molecule has 0 saturated carbocycles. The van der Waals surface area contributed by atoms with Gasteiger partial charge in [0.1, 0.15) is 0 Å². The number of hydrogen-bond acceptors (Lipinski definition) is 14. The van der Waals surface area contributed by atoms with E-state index in [-0.39, 0.29) is 48.3 Å². The molecule has 1 rings (SSSR count). The number of aliphatic hydroxyl groups excluding tert-OH is 6. The molecule has 0 fully saturated rings. The summed E-state index contributed by atoms with van der Waals surface area (Å²) in [6.07, 6.45) is 2.63. The average Bonchev–Trinajstić information content (AvgIpc) is 3.11. The van der Waals surface area contributed by atoms with Crippen molar-refractivity contribution < 1.29 is 49.7 Å². The van der Waals surface area contributed by atoms with Crippen LogP contribution in [0.1, 0.15) is 103 Å².